The number of allylic oxidation sites excluding steroid dienone is 1. The summed E-state index contributed by atoms with van der Waals surface area (Å²) in [6.45, 7) is 11.0. The molecule has 3 aliphatic rings. The van der Waals surface area contributed by atoms with E-state index in [9.17, 15) is 19.5 Å². The van der Waals surface area contributed by atoms with Gasteiger partial charge in [0.2, 0.25) is 17.7 Å². The lowest BCUT2D eigenvalue weighted by Crippen LogP contribution is -2.60. The minimum absolute atomic E-state index is 0.000910. The van der Waals surface area contributed by atoms with E-state index in [1.165, 1.54) is 16.9 Å². The lowest BCUT2D eigenvalue weighted by atomic mass is 9.70. The highest BCUT2D eigenvalue weighted by molar-refractivity contribution is 9.09. The van der Waals surface area contributed by atoms with Gasteiger partial charge in [0, 0.05) is 24.9 Å². The molecule has 2 N–H and O–H groups in total. The summed E-state index contributed by atoms with van der Waals surface area (Å²) in [6.07, 6.45) is 2.34. The Morgan fingerprint density at radius 2 is 1.87 bits per heavy atom. The first kappa shape index (κ1) is 40.2. The molecule has 15 heteroatoms. The van der Waals surface area contributed by atoms with E-state index in [1.807, 2.05) is 44.2 Å². The average molecular weight is 822 g/mol. The zero-order valence-electron chi connectivity index (χ0n) is 31.3. The predicted molar refractivity (Wildman–Crippen MR) is 206 cm³/mol. The lowest BCUT2D eigenvalue weighted by molar-refractivity contribution is -0.163. The zero-order valence-corrected chi connectivity index (χ0v) is 32.9. The summed E-state index contributed by atoms with van der Waals surface area (Å²) in [5.41, 5.74) is 0.553. The Bertz CT molecular complexity index is 1890. The highest BCUT2D eigenvalue weighted by atomic mass is 79.9. The number of hydrogen-bond acceptors (Lipinski definition) is 10. The number of aromatic nitrogens is 3. The van der Waals surface area contributed by atoms with E-state index < -0.39 is 77.0 Å². The van der Waals surface area contributed by atoms with Gasteiger partial charge in [0.15, 0.2) is 0 Å². The van der Waals surface area contributed by atoms with Crippen LogP contribution in [0.15, 0.2) is 79.9 Å². The summed E-state index contributed by atoms with van der Waals surface area (Å²) < 4.78 is 20.2. The molecule has 3 saturated heterocycles. The molecule has 3 fully saturated rings. The molecule has 1 spiro atoms. The first-order valence-corrected chi connectivity index (χ1v) is 19.5. The first-order chi connectivity index (χ1) is 26.5. The molecule has 294 valence electrons. The number of alkyl halides is 1. The summed E-state index contributed by atoms with van der Waals surface area (Å²) in [4.78, 5) is 60.2. The van der Waals surface area contributed by atoms with Crippen LogP contribution in [-0.4, -0.2) is 115 Å². The van der Waals surface area contributed by atoms with Crippen LogP contribution in [0.1, 0.15) is 44.8 Å². The molecule has 0 saturated carbocycles. The van der Waals surface area contributed by atoms with Crippen LogP contribution in [0.2, 0.25) is 0 Å². The number of carbonyl (C=O) groups is 4. The summed E-state index contributed by atoms with van der Waals surface area (Å²) in [7, 11) is 1.49. The number of aliphatic hydroxyl groups is 1. The molecule has 2 aromatic carbocycles. The number of hydrogen-bond donors (Lipinski definition) is 2. The minimum Gasteiger partial charge on any atom is -0.455 e. The fourth-order valence-corrected chi connectivity index (χ4v) is 9.39. The van der Waals surface area contributed by atoms with E-state index in [4.69, 9.17) is 14.2 Å². The van der Waals surface area contributed by atoms with Crippen LogP contribution in [0.25, 0.3) is 11.0 Å². The maximum Gasteiger partial charge on any atom is 0.313 e. The zero-order chi connectivity index (χ0) is 39.4. The highest BCUT2D eigenvalue weighted by Crippen LogP contribution is 2.61. The van der Waals surface area contributed by atoms with E-state index >= 15 is 4.79 Å². The van der Waals surface area contributed by atoms with E-state index in [0.29, 0.717) is 23.0 Å². The van der Waals surface area contributed by atoms with Crippen molar-refractivity contribution in [2.24, 2.45) is 17.8 Å². The molecule has 0 radical (unpaired) electrons. The van der Waals surface area contributed by atoms with Crippen molar-refractivity contribution in [3.05, 3.63) is 85.5 Å². The summed E-state index contributed by atoms with van der Waals surface area (Å²) in [5, 5.41) is 22.2. The molecule has 1 unspecified atom stereocenters. The van der Waals surface area contributed by atoms with Gasteiger partial charge >= 0.3 is 5.97 Å². The van der Waals surface area contributed by atoms with Crippen LogP contribution in [0.4, 0.5) is 0 Å². The Kier molecular flexibility index (Phi) is 12.5. The average Bonchev–Trinajstić information content (AvgIpc) is 3.90. The van der Waals surface area contributed by atoms with Crippen molar-refractivity contribution >= 4 is 50.7 Å². The van der Waals surface area contributed by atoms with Gasteiger partial charge in [-0.3, -0.25) is 19.2 Å². The van der Waals surface area contributed by atoms with Gasteiger partial charge in [-0.1, -0.05) is 89.6 Å². The Morgan fingerprint density at radius 1 is 1.15 bits per heavy atom. The van der Waals surface area contributed by atoms with Crippen LogP contribution >= 0.6 is 15.9 Å². The van der Waals surface area contributed by atoms with Crippen molar-refractivity contribution in [3.8, 4) is 0 Å². The molecule has 3 aromatic rings. The van der Waals surface area contributed by atoms with Crippen molar-refractivity contribution in [1.29, 1.82) is 0 Å². The highest BCUT2D eigenvalue weighted by Gasteiger charge is 2.77. The van der Waals surface area contributed by atoms with Crippen molar-refractivity contribution < 1.29 is 38.5 Å². The maximum atomic E-state index is 15.1. The number of carbonyl (C=O) groups excluding carboxylic acids is 4. The van der Waals surface area contributed by atoms with Crippen molar-refractivity contribution in [2.75, 3.05) is 26.9 Å². The molecule has 4 heterocycles. The molecule has 14 nitrogen and oxygen atoms in total. The second-order valence-corrected chi connectivity index (χ2v) is 15.9. The van der Waals surface area contributed by atoms with Crippen LogP contribution < -0.4 is 5.32 Å². The number of fused-ring (bicyclic) bond motifs is 2. The quantitative estimate of drug-likeness (QED) is 0.110. The van der Waals surface area contributed by atoms with Crippen LogP contribution in [0.5, 0.6) is 0 Å². The molecule has 2 bridgehead atoms. The molecule has 0 aliphatic carbocycles. The molecule has 55 heavy (non-hydrogen) atoms. The van der Waals surface area contributed by atoms with Gasteiger partial charge in [0.1, 0.15) is 29.9 Å². The molecular weight excluding hydrogens is 772 g/mol. The largest absolute Gasteiger partial charge is 0.455 e. The molecule has 6 rings (SSSR count). The monoisotopic (exact) mass is 820 g/mol. The summed E-state index contributed by atoms with van der Waals surface area (Å²) in [6, 6.07) is 13.7. The molecule has 3 amide bonds. The lowest BCUT2D eigenvalue weighted by Gasteiger charge is -2.40. The topological polar surface area (TPSA) is 165 Å². The van der Waals surface area contributed by atoms with Crippen LogP contribution in [-0.2, 0) is 40.1 Å². The number of amides is 3. The van der Waals surface area contributed by atoms with Gasteiger partial charge in [0.05, 0.1) is 48.8 Å². The van der Waals surface area contributed by atoms with Gasteiger partial charge in [-0.25, -0.2) is 4.68 Å². The minimum atomic E-state index is -1.43. The normalized spacial score (nSPS) is 25.7. The first-order valence-electron chi connectivity index (χ1n) is 18.6. The fourth-order valence-electron chi connectivity index (χ4n) is 8.45. The van der Waals surface area contributed by atoms with E-state index in [0.717, 1.165) is 0 Å². The van der Waals surface area contributed by atoms with Crippen molar-refractivity contribution in [2.45, 2.75) is 80.5 Å². The molecule has 3 aliphatic heterocycles. The van der Waals surface area contributed by atoms with Crippen molar-refractivity contribution in [1.82, 2.24) is 30.1 Å². The summed E-state index contributed by atoms with van der Waals surface area (Å²) >= 11 is 3.74. The predicted octanol–water partition coefficient (Wildman–Crippen LogP) is 3.55. The number of methoxy groups -OCH3 is 1. The molecule has 9 atom stereocenters. The number of aliphatic hydroxyl groups excluding tert-OH is 1. The second kappa shape index (κ2) is 17.1. The number of benzene rings is 2. The third-order valence-corrected chi connectivity index (χ3v) is 11.8. The van der Waals surface area contributed by atoms with E-state index in [2.05, 4.69) is 44.7 Å². The SMILES string of the molecule is C=CCCC(=O)N[C@H](COC)[C@H](OC(=O)[C@@H]1[C@H]2O[C@@]3(CC2Br)[C@H](C(=O)N(CC=C)Cn2nnc4ccccc42)N([C@@H](CO)C(C)C)C(=O)[C@@H]13)c1ccccc1. The van der Waals surface area contributed by atoms with Gasteiger partial charge in [-0.05, 0) is 36.5 Å². The second-order valence-electron chi connectivity index (χ2n) is 14.7. The number of ether oxygens (including phenoxy) is 3. The molecular formula is C40H49BrN6O8. The number of likely N-dealkylation sites (tertiary alicyclic amines) is 1. The third kappa shape index (κ3) is 7.59. The Hall–Kier alpha value is -4.44. The fraction of sp³-hybridized carbons (Fsp3) is 0.500. The van der Waals surface area contributed by atoms with Gasteiger partial charge in [-0.2, -0.15) is 0 Å². The molecule has 1 aromatic heterocycles. The Balaban J connectivity index is 1.38. The Morgan fingerprint density at radius 3 is 2.55 bits per heavy atom. The number of esters is 1. The summed E-state index contributed by atoms with van der Waals surface area (Å²) in [5.74, 6) is -4.35. The smallest absolute Gasteiger partial charge is 0.313 e. The third-order valence-electron chi connectivity index (χ3n) is 10.9. The van der Waals surface area contributed by atoms with E-state index in [1.54, 1.807) is 41.1 Å². The number of nitrogens with one attached hydrogen (secondary N) is 1. The number of para-hydroxylation sites is 1. The van der Waals surface area contributed by atoms with Gasteiger partial charge in [-0.15, -0.1) is 18.3 Å². The van der Waals surface area contributed by atoms with E-state index in [-0.39, 0.29) is 44.5 Å². The standard InChI is InChI=1S/C40H49BrN6O8/c1-6-8-18-31(49)42-28(22-53-5)34(25-14-10-9-11-15-25)54-39(52)32-33-37(50)47(30(21-48)24(3)4)36(40(33)20-26(41)35(32)55-40)38(51)45(19-7-2)23-46-29-17-13-12-16-27(29)43-44-46/h6-7,9-17,24,26,28,30,32-36,48H,1-2,8,18-23H2,3-5H3,(H,42,49)/t26?,28-,30+,32+,33-,34-,35+,36+,40-/m1/s1. The number of rotatable bonds is 18. The van der Waals surface area contributed by atoms with Crippen molar-refractivity contribution in [3.63, 3.8) is 0 Å². The number of halogens is 1. The van der Waals surface area contributed by atoms with Crippen LogP contribution in [0, 0.1) is 17.8 Å². The Labute approximate surface area is 329 Å². The van der Waals surface area contributed by atoms with Gasteiger partial charge < -0.3 is 34.4 Å². The number of nitrogens with zero attached hydrogens (tertiary/aromatic N) is 5. The van der Waals surface area contributed by atoms with Gasteiger partial charge in [0.25, 0.3) is 0 Å². The van der Waals surface area contributed by atoms with Crippen LogP contribution in [0.3, 0.4) is 0 Å². The maximum absolute atomic E-state index is 15.1.